The molecule has 6 nitrogen and oxygen atoms in total. The Hall–Kier alpha value is -2.09. The molecule has 0 radical (unpaired) electrons. The molecule has 0 unspecified atom stereocenters. The smallest absolute Gasteiger partial charge is 0.227 e. The van der Waals surface area contributed by atoms with Crippen molar-refractivity contribution in [3.8, 4) is 5.75 Å². The van der Waals surface area contributed by atoms with Crippen LogP contribution in [0.15, 0.2) is 48.5 Å². The molecule has 2 aromatic carbocycles. The maximum Gasteiger partial charge on any atom is 0.227 e. The number of carbonyl (C=O) groups excluding carboxylic acids is 1. The first-order chi connectivity index (χ1) is 14.2. The molecule has 0 aromatic heterocycles. The predicted molar refractivity (Wildman–Crippen MR) is 119 cm³/mol. The standard InChI is InChI=1S/C22H27ClN2O4S/c1-16(2)29-20-9-7-19(8-10-20)24-22(26)17-11-13-25(14-12-17)30(27,28)15-18-5-3-4-6-21(18)23/h3-10,16-17H,11-15H2,1-2H3,(H,24,26). The van der Waals surface area contributed by atoms with E-state index in [1.54, 1.807) is 36.4 Å². The van der Waals surface area contributed by atoms with Gasteiger partial charge in [0.05, 0.1) is 11.9 Å². The molecule has 1 heterocycles. The molecule has 1 N–H and O–H groups in total. The van der Waals surface area contributed by atoms with Gasteiger partial charge in [-0.25, -0.2) is 12.7 Å². The van der Waals surface area contributed by atoms with Gasteiger partial charge in [0, 0.05) is 29.7 Å². The first kappa shape index (κ1) is 22.6. The second-order valence-electron chi connectivity index (χ2n) is 7.70. The topological polar surface area (TPSA) is 75.7 Å². The molecule has 0 atom stereocenters. The SMILES string of the molecule is CC(C)Oc1ccc(NC(=O)C2CCN(S(=O)(=O)Cc3ccccc3Cl)CC2)cc1. The number of piperidine rings is 1. The van der Waals surface area contributed by atoms with Crippen LogP contribution in [0.25, 0.3) is 0 Å². The average molecular weight is 451 g/mol. The van der Waals surface area contributed by atoms with Crippen LogP contribution in [0.5, 0.6) is 5.75 Å². The zero-order valence-electron chi connectivity index (χ0n) is 17.2. The van der Waals surface area contributed by atoms with Gasteiger partial charge in [-0.1, -0.05) is 29.8 Å². The second-order valence-corrected chi connectivity index (χ2v) is 10.1. The summed E-state index contributed by atoms with van der Waals surface area (Å²) in [5.74, 6) is 0.313. The van der Waals surface area contributed by atoms with Gasteiger partial charge < -0.3 is 10.1 Å². The van der Waals surface area contributed by atoms with Gasteiger partial charge in [-0.15, -0.1) is 0 Å². The van der Waals surface area contributed by atoms with Crippen molar-refractivity contribution < 1.29 is 17.9 Å². The van der Waals surface area contributed by atoms with E-state index in [0.717, 1.165) is 5.75 Å². The summed E-state index contributed by atoms with van der Waals surface area (Å²) in [6.45, 7) is 4.56. The van der Waals surface area contributed by atoms with E-state index in [9.17, 15) is 13.2 Å². The molecular formula is C22H27ClN2O4S. The van der Waals surface area contributed by atoms with Gasteiger partial charge >= 0.3 is 0 Å². The van der Waals surface area contributed by atoms with Gasteiger partial charge in [0.25, 0.3) is 0 Å². The highest BCUT2D eigenvalue weighted by molar-refractivity contribution is 7.88. The highest BCUT2D eigenvalue weighted by Gasteiger charge is 2.31. The van der Waals surface area contributed by atoms with E-state index in [4.69, 9.17) is 16.3 Å². The van der Waals surface area contributed by atoms with Gasteiger partial charge in [-0.3, -0.25) is 4.79 Å². The number of rotatable bonds is 7. The van der Waals surface area contributed by atoms with E-state index in [-0.39, 0.29) is 23.7 Å². The number of carbonyl (C=O) groups is 1. The Kier molecular flexibility index (Phi) is 7.39. The van der Waals surface area contributed by atoms with Crippen molar-refractivity contribution in [3.63, 3.8) is 0 Å². The van der Waals surface area contributed by atoms with Crippen molar-refractivity contribution in [3.05, 3.63) is 59.1 Å². The minimum atomic E-state index is -3.48. The molecular weight excluding hydrogens is 424 g/mol. The normalized spacial score (nSPS) is 15.9. The minimum Gasteiger partial charge on any atom is -0.491 e. The first-order valence-corrected chi connectivity index (χ1v) is 12.0. The lowest BCUT2D eigenvalue weighted by Crippen LogP contribution is -2.41. The van der Waals surface area contributed by atoms with Crippen LogP contribution >= 0.6 is 11.6 Å². The summed E-state index contributed by atoms with van der Waals surface area (Å²) in [6, 6.07) is 14.2. The third-order valence-corrected chi connectivity index (χ3v) is 7.20. The maximum absolute atomic E-state index is 12.7. The number of ether oxygens (including phenoxy) is 1. The Morgan fingerprint density at radius 1 is 1.13 bits per heavy atom. The van der Waals surface area contributed by atoms with Gasteiger partial charge in [0.15, 0.2) is 0 Å². The van der Waals surface area contributed by atoms with E-state index >= 15 is 0 Å². The van der Waals surface area contributed by atoms with E-state index in [1.165, 1.54) is 4.31 Å². The Balaban J connectivity index is 1.53. The monoisotopic (exact) mass is 450 g/mol. The predicted octanol–water partition coefficient (Wildman–Crippen LogP) is 4.31. The number of halogens is 1. The summed E-state index contributed by atoms with van der Waals surface area (Å²) in [5, 5.41) is 3.36. The summed E-state index contributed by atoms with van der Waals surface area (Å²) in [7, 11) is -3.48. The third kappa shape index (κ3) is 5.97. The summed E-state index contributed by atoms with van der Waals surface area (Å²) < 4.78 is 32.5. The van der Waals surface area contributed by atoms with E-state index in [1.807, 2.05) is 26.0 Å². The van der Waals surface area contributed by atoms with Crippen molar-refractivity contribution in [2.75, 3.05) is 18.4 Å². The number of nitrogens with zero attached hydrogens (tertiary/aromatic N) is 1. The molecule has 2 aromatic rings. The quantitative estimate of drug-likeness (QED) is 0.682. The first-order valence-electron chi connectivity index (χ1n) is 10.0. The Morgan fingerprint density at radius 2 is 1.77 bits per heavy atom. The zero-order valence-corrected chi connectivity index (χ0v) is 18.7. The van der Waals surface area contributed by atoms with Gasteiger partial charge in [0.1, 0.15) is 5.75 Å². The van der Waals surface area contributed by atoms with Gasteiger partial charge in [0.2, 0.25) is 15.9 Å². The lowest BCUT2D eigenvalue weighted by atomic mass is 9.97. The highest BCUT2D eigenvalue weighted by Crippen LogP contribution is 2.25. The van der Waals surface area contributed by atoms with Crippen molar-refractivity contribution in [1.29, 1.82) is 0 Å². The van der Waals surface area contributed by atoms with E-state index < -0.39 is 10.0 Å². The Morgan fingerprint density at radius 3 is 2.37 bits per heavy atom. The lowest BCUT2D eigenvalue weighted by molar-refractivity contribution is -0.120. The van der Waals surface area contributed by atoms with Crippen LogP contribution in [-0.2, 0) is 20.6 Å². The summed E-state index contributed by atoms with van der Waals surface area (Å²) in [4.78, 5) is 12.6. The fourth-order valence-electron chi connectivity index (χ4n) is 3.43. The molecule has 1 saturated heterocycles. The molecule has 8 heteroatoms. The van der Waals surface area contributed by atoms with Crippen LogP contribution in [0.4, 0.5) is 5.69 Å². The average Bonchev–Trinajstić information content (AvgIpc) is 2.71. The minimum absolute atomic E-state index is 0.0873. The largest absolute Gasteiger partial charge is 0.491 e. The Labute approximate surface area is 183 Å². The van der Waals surface area contributed by atoms with E-state index in [0.29, 0.717) is 42.2 Å². The molecule has 1 amide bonds. The molecule has 1 aliphatic heterocycles. The van der Waals surface area contributed by atoms with Crippen LogP contribution in [0.3, 0.4) is 0 Å². The molecule has 3 rings (SSSR count). The second kappa shape index (κ2) is 9.81. The summed E-state index contributed by atoms with van der Waals surface area (Å²) in [6.07, 6.45) is 1.06. The number of hydrogen-bond acceptors (Lipinski definition) is 4. The number of anilines is 1. The third-order valence-electron chi connectivity index (χ3n) is 5.01. The molecule has 1 fully saturated rings. The van der Waals surface area contributed by atoms with E-state index in [2.05, 4.69) is 5.32 Å². The summed E-state index contributed by atoms with van der Waals surface area (Å²) >= 11 is 6.10. The van der Waals surface area contributed by atoms with Crippen LogP contribution in [0.1, 0.15) is 32.3 Å². The van der Waals surface area contributed by atoms with Crippen LogP contribution in [-0.4, -0.2) is 37.8 Å². The fraction of sp³-hybridized carbons (Fsp3) is 0.409. The number of amides is 1. The molecule has 0 aliphatic carbocycles. The maximum atomic E-state index is 12.7. The number of sulfonamides is 1. The molecule has 162 valence electrons. The van der Waals surface area contributed by atoms with Crippen LogP contribution in [0.2, 0.25) is 5.02 Å². The number of hydrogen-bond donors (Lipinski definition) is 1. The highest BCUT2D eigenvalue weighted by atomic mass is 35.5. The molecule has 0 bridgehead atoms. The van der Waals surface area contributed by atoms with Crippen molar-refractivity contribution in [2.45, 2.75) is 38.5 Å². The lowest BCUT2D eigenvalue weighted by Gasteiger charge is -2.30. The van der Waals surface area contributed by atoms with Crippen LogP contribution < -0.4 is 10.1 Å². The molecule has 30 heavy (non-hydrogen) atoms. The van der Waals surface area contributed by atoms with Gasteiger partial charge in [-0.2, -0.15) is 0 Å². The fourth-order valence-corrected chi connectivity index (χ4v) is 5.31. The van der Waals surface area contributed by atoms with Crippen molar-refractivity contribution in [1.82, 2.24) is 4.31 Å². The van der Waals surface area contributed by atoms with Crippen molar-refractivity contribution in [2.24, 2.45) is 5.92 Å². The van der Waals surface area contributed by atoms with Crippen molar-refractivity contribution >= 4 is 33.2 Å². The molecule has 0 spiro atoms. The van der Waals surface area contributed by atoms with Gasteiger partial charge in [-0.05, 0) is 62.6 Å². The zero-order chi connectivity index (χ0) is 21.7. The summed E-state index contributed by atoms with van der Waals surface area (Å²) in [5.41, 5.74) is 1.29. The molecule has 0 saturated carbocycles. The Bertz CT molecular complexity index is 969. The molecule has 1 aliphatic rings. The number of nitrogens with one attached hydrogen (secondary N) is 1. The number of benzene rings is 2. The van der Waals surface area contributed by atoms with Crippen LogP contribution in [0, 0.1) is 5.92 Å².